The number of allylic oxidation sites excluding steroid dienone is 4. The van der Waals surface area contributed by atoms with E-state index in [1.165, 1.54) is 263 Å². The van der Waals surface area contributed by atoms with E-state index in [9.17, 15) is 19.8 Å². The van der Waals surface area contributed by atoms with Crippen LogP contribution in [0.5, 0.6) is 0 Å². The molecule has 0 aliphatic heterocycles. The van der Waals surface area contributed by atoms with E-state index < -0.39 is 12.1 Å². The molecule has 0 rings (SSSR count). The van der Waals surface area contributed by atoms with Crippen molar-refractivity contribution in [1.29, 1.82) is 0 Å². The Bertz CT molecular complexity index is 1080. The average Bonchev–Trinajstić information content (AvgIpc) is 3.35. The van der Waals surface area contributed by atoms with Gasteiger partial charge in [0.05, 0.1) is 25.4 Å². The molecule has 6 nitrogen and oxygen atoms in total. The number of carbonyl (C=O) groups is 2. The third-order valence-corrected chi connectivity index (χ3v) is 14.5. The molecular formula is C63H121NO5. The van der Waals surface area contributed by atoms with Gasteiger partial charge < -0.3 is 20.3 Å². The van der Waals surface area contributed by atoms with Gasteiger partial charge in [-0.25, -0.2) is 0 Å². The van der Waals surface area contributed by atoms with Gasteiger partial charge in [-0.05, 0) is 77.0 Å². The molecule has 3 N–H and O–H groups in total. The number of aliphatic hydroxyl groups excluding tert-OH is 2. The number of nitrogens with one attached hydrogen (secondary N) is 1. The van der Waals surface area contributed by atoms with Crippen LogP contribution in [0.25, 0.3) is 0 Å². The van der Waals surface area contributed by atoms with Gasteiger partial charge in [0, 0.05) is 12.8 Å². The highest BCUT2D eigenvalue weighted by Crippen LogP contribution is 2.18. The van der Waals surface area contributed by atoms with Crippen LogP contribution in [0.2, 0.25) is 0 Å². The molecule has 0 aromatic heterocycles. The molecule has 0 saturated carbocycles. The summed E-state index contributed by atoms with van der Waals surface area (Å²) in [7, 11) is 0. The van der Waals surface area contributed by atoms with Crippen LogP contribution in [0, 0.1) is 0 Å². The molecule has 0 saturated heterocycles. The predicted octanol–water partition coefficient (Wildman–Crippen LogP) is 19.4. The number of esters is 1. The monoisotopic (exact) mass is 972 g/mol. The number of ether oxygens (including phenoxy) is 1. The van der Waals surface area contributed by atoms with E-state index in [-0.39, 0.29) is 18.5 Å². The van der Waals surface area contributed by atoms with Crippen molar-refractivity contribution in [1.82, 2.24) is 5.32 Å². The normalized spacial score (nSPS) is 12.7. The summed E-state index contributed by atoms with van der Waals surface area (Å²) in [5.41, 5.74) is 0. The minimum absolute atomic E-state index is 0.00146. The zero-order valence-corrected chi connectivity index (χ0v) is 46.6. The molecule has 408 valence electrons. The molecule has 6 heteroatoms. The van der Waals surface area contributed by atoms with Crippen molar-refractivity contribution in [3.05, 3.63) is 24.3 Å². The van der Waals surface area contributed by atoms with Crippen LogP contribution in [0.4, 0.5) is 0 Å². The molecular weight excluding hydrogens is 851 g/mol. The molecule has 0 aromatic carbocycles. The smallest absolute Gasteiger partial charge is 0.305 e. The molecule has 0 aliphatic rings. The molecule has 0 spiro atoms. The molecule has 0 bridgehead atoms. The van der Waals surface area contributed by atoms with Crippen molar-refractivity contribution >= 4 is 11.9 Å². The first kappa shape index (κ1) is 67.3. The van der Waals surface area contributed by atoms with E-state index >= 15 is 0 Å². The highest BCUT2D eigenvalue weighted by Gasteiger charge is 2.20. The summed E-state index contributed by atoms with van der Waals surface area (Å²) in [6, 6.07) is -0.548. The Morgan fingerprint density at radius 3 is 1.06 bits per heavy atom. The Morgan fingerprint density at radius 2 is 0.681 bits per heavy atom. The van der Waals surface area contributed by atoms with Gasteiger partial charge >= 0.3 is 5.97 Å². The largest absolute Gasteiger partial charge is 0.466 e. The van der Waals surface area contributed by atoms with Crippen molar-refractivity contribution in [2.45, 2.75) is 353 Å². The van der Waals surface area contributed by atoms with Crippen molar-refractivity contribution in [3.63, 3.8) is 0 Å². The molecule has 1 amide bonds. The molecule has 69 heavy (non-hydrogen) atoms. The fourth-order valence-corrected chi connectivity index (χ4v) is 9.69. The lowest BCUT2D eigenvalue weighted by Crippen LogP contribution is -2.45. The Kier molecular flexibility index (Phi) is 57.5. The van der Waals surface area contributed by atoms with E-state index in [2.05, 4.69) is 43.5 Å². The lowest BCUT2D eigenvalue weighted by Gasteiger charge is -2.22. The summed E-state index contributed by atoms with van der Waals surface area (Å²) >= 11 is 0. The predicted molar refractivity (Wildman–Crippen MR) is 301 cm³/mol. The summed E-state index contributed by atoms with van der Waals surface area (Å²) in [5, 5.41) is 23.3. The number of hydrogen-bond acceptors (Lipinski definition) is 5. The molecule has 0 heterocycles. The van der Waals surface area contributed by atoms with Crippen LogP contribution in [0.1, 0.15) is 341 Å². The second kappa shape index (κ2) is 58.9. The summed E-state index contributed by atoms with van der Waals surface area (Å²) in [5.74, 6) is -0.0414. The Balaban J connectivity index is 3.43. The zero-order chi connectivity index (χ0) is 50.0. The van der Waals surface area contributed by atoms with Crippen molar-refractivity contribution in [2.75, 3.05) is 13.2 Å². The van der Waals surface area contributed by atoms with Crippen LogP contribution in [-0.4, -0.2) is 47.4 Å². The van der Waals surface area contributed by atoms with Crippen molar-refractivity contribution < 1.29 is 24.5 Å². The van der Waals surface area contributed by atoms with Crippen molar-refractivity contribution in [2.24, 2.45) is 0 Å². The number of rotatable bonds is 58. The van der Waals surface area contributed by atoms with Crippen LogP contribution >= 0.6 is 0 Å². The Morgan fingerprint density at radius 1 is 0.391 bits per heavy atom. The third-order valence-electron chi connectivity index (χ3n) is 14.5. The van der Waals surface area contributed by atoms with E-state index in [4.69, 9.17) is 4.74 Å². The maximum Gasteiger partial charge on any atom is 0.305 e. The van der Waals surface area contributed by atoms with Gasteiger partial charge in [-0.2, -0.15) is 0 Å². The molecule has 2 atom stereocenters. The molecule has 0 fully saturated rings. The molecule has 0 aliphatic carbocycles. The first-order valence-corrected chi connectivity index (χ1v) is 31.1. The van der Waals surface area contributed by atoms with E-state index in [0.717, 1.165) is 44.9 Å². The van der Waals surface area contributed by atoms with Gasteiger partial charge in [-0.15, -0.1) is 0 Å². The zero-order valence-electron chi connectivity index (χ0n) is 46.6. The minimum Gasteiger partial charge on any atom is -0.466 e. The number of amides is 1. The van der Waals surface area contributed by atoms with Crippen molar-refractivity contribution in [3.8, 4) is 0 Å². The molecule has 0 radical (unpaired) electrons. The maximum atomic E-state index is 12.5. The lowest BCUT2D eigenvalue weighted by atomic mass is 10.0. The number of unbranched alkanes of at least 4 members (excludes halogenated alkanes) is 43. The summed E-state index contributed by atoms with van der Waals surface area (Å²) in [6.07, 6.45) is 71.8. The highest BCUT2D eigenvalue weighted by atomic mass is 16.5. The van der Waals surface area contributed by atoms with Gasteiger partial charge in [0.25, 0.3) is 0 Å². The fourth-order valence-electron chi connectivity index (χ4n) is 9.69. The minimum atomic E-state index is -0.670. The second-order valence-corrected chi connectivity index (χ2v) is 21.4. The number of hydrogen-bond donors (Lipinski definition) is 3. The first-order chi connectivity index (χ1) is 34.0. The lowest BCUT2D eigenvalue weighted by molar-refractivity contribution is -0.143. The van der Waals surface area contributed by atoms with Gasteiger partial charge in [-0.3, -0.25) is 9.59 Å². The van der Waals surface area contributed by atoms with Gasteiger partial charge in [0.2, 0.25) is 5.91 Å². The third kappa shape index (κ3) is 55.5. The summed E-state index contributed by atoms with van der Waals surface area (Å²) in [6.45, 7) is 4.94. The summed E-state index contributed by atoms with van der Waals surface area (Å²) < 4.78 is 5.46. The van der Waals surface area contributed by atoms with Gasteiger partial charge in [0.15, 0.2) is 0 Å². The molecule has 2 unspecified atom stereocenters. The topological polar surface area (TPSA) is 95.9 Å². The van der Waals surface area contributed by atoms with E-state index in [1.807, 2.05) is 0 Å². The first-order valence-electron chi connectivity index (χ1n) is 31.1. The SMILES string of the molecule is CCCCC/C=C\CCCCCCCC(=O)OCCCCCCCCCCCC/C=C\CCCCCCCCCC(=O)NC(CO)C(O)CCCCCCCCCCCCCCCCCCCCC. The Labute approximate surface area is 431 Å². The highest BCUT2D eigenvalue weighted by molar-refractivity contribution is 5.76. The van der Waals surface area contributed by atoms with Gasteiger partial charge in [0.1, 0.15) is 0 Å². The summed E-state index contributed by atoms with van der Waals surface area (Å²) in [4.78, 5) is 24.5. The standard InChI is InChI=1S/C63H121NO5/c1-3-5-7-9-11-13-15-17-18-19-23-26-29-32-35-39-43-47-51-55-61(66)60(59-65)64-62(67)56-52-48-44-40-36-33-30-27-24-21-20-22-25-28-31-34-38-42-46-50-54-58-69-63(68)57-53-49-45-41-37-16-14-12-10-8-6-4-2/h12,14,21,24,60-61,65-66H,3-11,13,15-20,22-23,25-59H2,1-2H3,(H,64,67)/b14-12-,24-21-. The number of carbonyl (C=O) groups excluding carboxylic acids is 2. The fraction of sp³-hybridized carbons (Fsp3) is 0.905. The van der Waals surface area contributed by atoms with E-state index in [0.29, 0.717) is 25.9 Å². The molecule has 0 aromatic rings. The Hall–Kier alpha value is -1.66. The number of aliphatic hydroxyl groups is 2. The average molecular weight is 973 g/mol. The van der Waals surface area contributed by atoms with Gasteiger partial charge in [-0.1, -0.05) is 276 Å². The quantitative estimate of drug-likeness (QED) is 0.0321. The van der Waals surface area contributed by atoms with Crippen LogP contribution in [0.3, 0.4) is 0 Å². The van der Waals surface area contributed by atoms with Crippen LogP contribution in [0.15, 0.2) is 24.3 Å². The maximum absolute atomic E-state index is 12.5. The van der Waals surface area contributed by atoms with Crippen LogP contribution in [-0.2, 0) is 14.3 Å². The van der Waals surface area contributed by atoms with Crippen LogP contribution < -0.4 is 5.32 Å². The van der Waals surface area contributed by atoms with E-state index in [1.54, 1.807) is 0 Å². The second-order valence-electron chi connectivity index (χ2n) is 21.4.